The Labute approximate surface area is 132 Å². The number of halogens is 2. The third-order valence-corrected chi connectivity index (χ3v) is 3.55. The predicted octanol–water partition coefficient (Wildman–Crippen LogP) is 4.53. The van der Waals surface area contributed by atoms with E-state index in [1.165, 1.54) is 0 Å². The van der Waals surface area contributed by atoms with E-state index in [0.29, 0.717) is 22.9 Å². The van der Waals surface area contributed by atoms with Crippen LogP contribution in [-0.2, 0) is 6.54 Å². The number of hydrogen-bond acceptors (Lipinski definition) is 4. The minimum Gasteiger partial charge on any atom is -0.378 e. The molecule has 0 spiro atoms. The molecule has 0 atom stereocenters. The molecular formula is C14H13Cl2N3O2. The van der Waals surface area contributed by atoms with Gasteiger partial charge in [0, 0.05) is 18.2 Å². The minimum atomic E-state index is -0.388. The van der Waals surface area contributed by atoms with Crippen LogP contribution in [0.1, 0.15) is 16.7 Å². The number of aryl methyl sites for hydroxylation is 2. The van der Waals surface area contributed by atoms with Gasteiger partial charge in [-0.3, -0.25) is 10.1 Å². The number of pyridine rings is 1. The van der Waals surface area contributed by atoms with Gasteiger partial charge >= 0.3 is 0 Å². The van der Waals surface area contributed by atoms with Crippen molar-refractivity contribution in [1.82, 2.24) is 4.98 Å². The Morgan fingerprint density at radius 2 is 1.95 bits per heavy atom. The Morgan fingerprint density at radius 1 is 1.24 bits per heavy atom. The highest BCUT2D eigenvalue weighted by molar-refractivity contribution is 6.34. The van der Waals surface area contributed by atoms with Gasteiger partial charge in [-0.25, -0.2) is 4.98 Å². The highest BCUT2D eigenvalue weighted by Crippen LogP contribution is 2.27. The van der Waals surface area contributed by atoms with E-state index in [-0.39, 0.29) is 15.8 Å². The van der Waals surface area contributed by atoms with Gasteiger partial charge in [0.1, 0.15) is 5.15 Å². The molecule has 2 aromatic rings. The van der Waals surface area contributed by atoms with E-state index in [9.17, 15) is 10.1 Å². The average Bonchev–Trinajstić information content (AvgIpc) is 2.38. The Kier molecular flexibility index (Phi) is 4.65. The van der Waals surface area contributed by atoms with Crippen LogP contribution in [0.2, 0.25) is 10.3 Å². The van der Waals surface area contributed by atoms with Crippen molar-refractivity contribution in [2.75, 3.05) is 5.32 Å². The number of nitro groups is 1. The molecule has 7 heteroatoms. The normalized spacial score (nSPS) is 10.5. The second-order valence-electron chi connectivity index (χ2n) is 4.66. The Bertz CT molecular complexity index is 682. The fraction of sp³-hybridized carbons (Fsp3) is 0.214. The molecule has 0 bridgehead atoms. The molecule has 1 N–H and O–H groups in total. The number of anilines is 1. The molecule has 0 saturated heterocycles. The first-order valence-corrected chi connectivity index (χ1v) is 6.94. The second-order valence-corrected chi connectivity index (χ2v) is 5.40. The van der Waals surface area contributed by atoms with Crippen LogP contribution in [0, 0.1) is 24.0 Å². The van der Waals surface area contributed by atoms with Crippen LogP contribution in [0.5, 0.6) is 0 Å². The summed E-state index contributed by atoms with van der Waals surface area (Å²) in [5.74, 6) is 0. The predicted molar refractivity (Wildman–Crippen MR) is 84.2 cm³/mol. The standard InChI is InChI=1S/C14H13Cl2N3O2/c1-8-3-4-10(6-11(8)19(20)21)7-17-13-9(2)5-12(15)18-14(13)16/h3-6,17H,7H2,1-2H3. The lowest BCUT2D eigenvalue weighted by Gasteiger charge is -2.11. The van der Waals surface area contributed by atoms with Crippen molar-refractivity contribution in [3.8, 4) is 0 Å². The van der Waals surface area contributed by atoms with Crippen molar-refractivity contribution in [2.45, 2.75) is 20.4 Å². The first kappa shape index (κ1) is 15.5. The lowest BCUT2D eigenvalue weighted by molar-refractivity contribution is -0.385. The average molecular weight is 326 g/mol. The zero-order chi connectivity index (χ0) is 15.6. The monoisotopic (exact) mass is 325 g/mol. The number of nitrogens with one attached hydrogen (secondary N) is 1. The largest absolute Gasteiger partial charge is 0.378 e. The molecule has 0 unspecified atom stereocenters. The molecule has 0 fully saturated rings. The highest BCUT2D eigenvalue weighted by Gasteiger charge is 2.12. The fourth-order valence-corrected chi connectivity index (χ4v) is 2.56. The number of benzene rings is 1. The van der Waals surface area contributed by atoms with Crippen molar-refractivity contribution < 1.29 is 4.92 Å². The van der Waals surface area contributed by atoms with Crippen LogP contribution in [-0.4, -0.2) is 9.91 Å². The first-order valence-electron chi connectivity index (χ1n) is 6.19. The first-order chi connectivity index (χ1) is 9.88. The fourth-order valence-electron chi connectivity index (χ4n) is 1.96. The zero-order valence-electron chi connectivity index (χ0n) is 11.5. The lowest BCUT2D eigenvalue weighted by Crippen LogP contribution is -2.04. The van der Waals surface area contributed by atoms with Gasteiger partial charge in [0.2, 0.25) is 0 Å². The summed E-state index contributed by atoms with van der Waals surface area (Å²) in [5, 5.41) is 14.7. The molecule has 21 heavy (non-hydrogen) atoms. The number of aromatic nitrogens is 1. The van der Waals surface area contributed by atoms with E-state index in [1.54, 1.807) is 25.1 Å². The van der Waals surface area contributed by atoms with Crippen LogP contribution >= 0.6 is 23.2 Å². The zero-order valence-corrected chi connectivity index (χ0v) is 13.0. The van der Waals surface area contributed by atoms with E-state index in [2.05, 4.69) is 10.3 Å². The number of rotatable bonds is 4. The summed E-state index contributed by atoms with van der Waals surface area (Å²) < 4.78 is 0. The summed E-state index contributed by atoms with van der Waals surface area (Å²) in [4.78, 5) is 14.5. The third-order valence-electron chi connectivity index (χ3n) is 3.08. The molecule has 110 valence electrons. The topological polar surface area (TPSA) is 68.1 Å². The Hall–Kier alpha value is -1.85. The maximum absolute atomic E-state index is 10.9. The van der Waals surface area contributed by atoms with Crippen LogP contribution in [0.4, 0.5) is 11.4 Å². The minimum absolute atomic E-state index is 0.103. The summed E-state index contributed by atoms with van der Waals surface area (Å²) in [6.45, 7) is 3.98. The molecule has 0 saturated carbocycles. The van der Waals surface area contributed by atoms with Crippen molar-refractivity contribution in [3.05, 3.63) is 61.4 Å². The smallest absolute Gasteiger partial charge is 0.272 e. The van der Waals surface area contributed by atoms with Crippen LogP contribution in [0.15, 0.2) is 24.3 Å². The van der Waals surface area contributed by atoms with Crippen LogP contribution in [0.25, 0.3) is 0 Å². The molecule has 1 aromatic carbocycles. The van der Waals surface area contributed by atoms with Gasteiger partial charge in [0.15, 0.2) is 5.15 Å². The molecule has 0 radical (unpaired) electrons. The molecule has 0 aliphatic heterocycles. The van der Waals surface area contributed by atoms with Gasteiger partial charge in [0.25, 0.3) is 5.69 Å². The van der Waals surface area contributed by atoms with Crippen molar-refractivity contribution in [3.63, 3.8) is 0 Å². The Balaban J connectivity index is 2.21. The molecule has 0 amide bonds. The van der Waals surface area contributed by atoms with E-state index in [1.807, 2.05) is 13.0 Å². The van der Waals surface area contributed by atoms with E-state index >= 15 is 0 Å². The van der Waals surface area contributed by atoms with E-state index in [0.717, 1.165) is 11.1 Å². The lowest BCUT2D eigenvalue weighted by atomic mass is 10.1. The van der Waals surface area contributed by atoms with Crippen molar-refractivity contribution in [1.29, 1.82) is 0 Å². The van der Waals surface area contributed by atoms with E-state index < -0.39 is 0 Å². The SMILES string of the molecule is Cc1ccc(CNc2c(C)cc(Cl)nc2Cl)cc1[N+](=O)[O-]. The van der Waals surface area contributed by atoms with Crippen molar-refractivity contribution >= 4 is 34.6 Å². The van der Waals surface area contributed by atoms with Gasteiger partial charge in [-0.1, -0.05) is 35.3 Å². The van der Waals surface area contributed by atoms with Crippen LogP contribution < -0.4 is 5.32 Å². The van der Waals surface area contributed by atoms with Gasteiger partial charge < -0.3 is 5.32 Å². The number of nitrogens with zero attached hydrogens (tertiary/aromatic N) is 2. The third kappa shape index (κ3) is 3.62. The summed E-state index contributed by atoms with van der Waals surface area (Å²) in [5.41, 5.74) is 3.06. The van der Waals surface area contributed by atoms with Gasteiger partial charge in [-0.2, -0.15) is 0 Å². The highest BCUT2D eigenvalue weighted by atomic mass is 35.5. The Morgan fingerprint density at radius 3 is 2.57 bits per heavy atom. The van der Waals surface area contributed by atoms with Crippen LogP contribution in [0.3, 0.4) is 0 Å². The molecule has 1 heterocycles. The number of nitro benzene ring substituents is 1. The molecular weight excluding hydrogens is 313 g/mol. The van der Waals surface area contributed by atoms with Crippen molar-refractivity contribution in [2.24, 2.45) is 0 Å². The number of hydrogen-bond donors (Lipinski definition) is 1. The maximum Gasteiger partial charge on any atom is 0.272 e. The molecule has 0 aliphatic carbocycles. The molecule has 1 aromatic heterocycles. The quantitative estimate of drug-likeness (QED) is 0.509. The summed E-state index contributed by atoms with van der Waals surface area (Å²) in [6, 6.07) is 6.81. The summed E-state index contributed by atoms with van der Waals surface area (Å²) in [7, 11) is 0. The summed E-state index contributed by atoms with van der Waals surface area (Å²) >= 11 is 11.9. The van der Waals surface area contributed by atoms with E-state index in [4.69, 9.17) is 23.2 Å². The summed E-state index contributed by atoms with van der Waals surface area (Å²) in [6.07, 6.45) is 0. The molecule has 5 nitrogen and oxygen atoms in total. The van der Waals surface area contributed by atoms with Gasteiger partial charge in [0.05, 0.1) is 10.6 Å². The maximum atomic E-state index is 10.9. The molecule has 0 aliphatic rings. The second kappa shape index (κ2) is 6.28. The molecule has 2 rings (SSSR count). The van der Waals surface area contributed by atoms with Gasteiger partial charge in [-0.15, -0.1) is 0 Å². The van der Waals surface area contributed by atoms with Gasteiger partial charge in [-0.05, 0) is 31.0 Å².